The molecule has 1 N–H and O–H groups in total. The largest absolute Gasteiger partial charge is 0.353 e. The van der Waals surface area contributed by atoms with Gasteiger partial charge in [0.25, 0.3) is 0 Å². The Hall–Kier alpha value is -1.06. The molecule has 0 aliphatic rings. The van der Waals surface area contributed by atoms with Crippen LogP contribution in [0.15, 0.2) is 35.8 Å². The first-order valence-corrected chi connectivity index (χ1v) is 6.56. The molecule has 1 unspecified atom stereocenters. The molecule has 2 aromatic heterocycles. The third-order valence-corrected chi connectivity index (χ3v) is 3.86. The average molecular weight is 234 g/mol. The highest BCUT2D eigenvalue weighted by Gasteiger charge is 2.09. The number of nitrogens with zero attached hydrogens (tertiary/aromatic N) is 1. The topological polar surface area (TPSA) is 17.0 Å². The van der Waals surface area contributed by atoms with Gasteiger partial charge < -0.3 is 9.88 Å². The van der Waals surface area contributed by atoms with Crippen LogP contribution in [0.3, 0.4) is 0 Å². The highest BCUT2D eigenvalue weighted by Crippen LogP contribution is 2.21. The van der Waals surface area contributed by atoms with E-state index < -0.39 is 0 Å². The van der Waals surface area contributed by atoms with E-state index in [1.807, 2.05) is 11.3 Å². The molecule has 0 bridgehead atoms. The van der Waals surface area contributed by atoms with Crippen molar-refractivity contribution in [2.24, 2.45) is 7.05 Å². The molecule has 1 atom stereocenters. The van der Waals surface area contributed by atoms with Crippen LogP contribution in [0.1, 0.15) is 30.0 Å². The molecule has 0 spiro atoms. The van der Waals surface area contributed by atoms with Crippen molar-refractivity contribution in [1.82, 2.24) is 9.88 Å². The number of aryl methyl sites for hydroxylation is 1. The SMILES string of the molecule is CCC(NCc1cccn1C)c1cccs1. The lowest BCUT2D eigenvalue weighted by Gasteiger charge is -2.15. The minimum Gasteiger partial charge on any atom is -0.353 e. The Labute approximate surface area is 101 Å². The Kier molecular flexibility index (Phi) is 3.80. The number of aromatic nitrogens is 1. The van der Waals surface area contributed by atoms with Crippen molar-refractivity contribution < 1.29 is 0 Å². The van der Waals surface area contributed by atoms with Gasteiger partial charge in [-0.1, -0.05) is 13.0 Å². The summed E-state index contributed by atoms with van der Waals surface area (Å²) in [5.74, 6) is 0. The van der Waals surface area contributed by atoms with Gasteiger partial charge in [-0.15, -0.1) is 11.3 Å². The molecule has 0 saturated heterocycles. The molecule has 2 heterocycles. The molecule has 3 heteroatoms. The normalized spacial score (nSPS) is 12.9. The van der Waals surface area contributed by atoms with Crippen molar-refractivity contribution in [2.75, 3.05) is 0 Å². The van der Waals surface area contributed by atoms with Crippen LogP contribution in [0.4, 0.5) is 0 Å². The zero-order valence-electron chi connectivity index (χ0n) is 9.81. The minimum absolute atomic E-state index is 0.481. The summed E-state index contributed by atoms with van der Waals surface area (Å²) < 4.78 is 2.16. The van der Waals surface area contributed by atoms with Crippen LogP contribution in [0.5, 0.6) is 0 Å². The first-order chi connectivity index (χ1) is 7.81. The van der Waals surface area contributed by atoms with Gasteiger partial charge in [-0.3, -0.25) is 0 Å². The summed E-state index contributed by atoms with van der Waals surface area (Å²) in [7, 11) is 2.09. The van der Waals surface area contributed by atoms with Crippen molar-refractivity contribution in [3.8, 4) is 0 Å². The monoisotopic (exact) mass is 234 g/mol. The molecule has 2 nitrogen and oxygen atoms in total. The van der Waals surface area contributed by atoms with Crippen LogP contribution in [0.25, 0.3) is 0 Å². The van der Waals surface area contributed by atoms with E-state index in [1.165, 1.54) is 10.6 Å². The molecule has 0 amide bonds. The van der Waals surface area contributed by atoms with Crippen molar-refractivity contribution in [3.63, 3.8) is 0 Å². The lowest BCUT2D eigenvalue weighted by Crippen LogP contribution is -2.20. The molecule has 0 fully saturated rings. The number of nitrogens with one attached hydrogen (secondary N) is 1. The van der Waals surface area contributed by atoms with Crippen LogP contribution < -0.4 is 5.32 Å². The third kappa shape index (κ3) is 2.54. The summed E-state index contributed by atoms with van der Waals surface area (Å²) in [5.41, 5.74) is 1.33. The maximum Gasteiger partial charge on any atom is 0.0415 e. The van der Waals surface area contributed by atoms with Gasteiger partial charge in [0.15, 0.2) is 0 Å². The molecule has 0 radical (unpaired) electrons. The molecular formula is C13H18N2S. The van der Waals surface area contributed by atoms with Crippen LogP contribution >= 0.6 is 11.3 Å². The molecular weight excluding hydrogens is 216 g/mol. The lowest BCUT2D eigenvalue weighted by molar-refractivity contribution is 0.515. The predicted octanol–water partition coefficient (Wildman–Crippen LogP) is 3.33. The molecule has 0 aliphatic carbocycles. The Morgan fingerprint density at radius 3 is 2.81 bits per heavy atom. The molecule has 2 rings (SSSR count). The second kappa shape index (κ2) is 5.32. The van der Waals surface area contributed by atoms with Gasteiger partial charge in [0.2, 0.25) is 0 Å². The van der Waals surface area contributed by atoms with Gasteiger partial charge in [0.1, 0.15) is 0 Å². The second-order valence-electron chi connectivity index (χ2n) is 3.97. The van der Waals surface area contributed by atoms with Crippen molar-refractivity contribution in [1.29, 1.82) is 0 Å². The van der Waals surface area contributed by atoms with Gasteiger partial charge in [0, 0.05) is 36.4 Å². The fourth-order valence-corrected chi connectivity index (χ4v) is 2.73. The van der Waals surface area contributed by atoms with Gasteiger partial charge in [-0.2, -0.15) is 0 Å². The molecule has 2 aromatic rings. The zero-order valence-corrected chi connectivity index (χ0v) is 10.6. The zero-order chi connectivity index (χ0) is 11.4. The van der Waals surface area contributed by atoms with E-state index in [-0.39, 0.29) is 0 Å². The fourth-order valence-electron chi connectivity index (χ4n) is 1.84. The number of hydrogen-bond acceptors (Lipinski definition) is 2. The van der Waals surface area contributed by atoms with Gasteiger partial charge in [-0.25, -0.2) is 0 Å². The molecule has 0 saturated carbocycles. The number of rotatable bonds is 5. The highest BCUT2D eigenvalue weighted by atomic mass is 32.1. The Morgan fingerprint density at radius 1 is 1.38 bits per heavy atom. The molecule has 86 valence electrons. The smallest absolute Gasteiger partial charge is 0.0415 e. The Bertz CT molecular complexity index is 417. The number of thiophene rings is 1. The third-order valence-electron chi connectivity index (χ3n) is 2.88. The summed E-state index contributed by atoms with van der Waals surface area (Å²) in [6.07, 6.45) is 3.22. The second-order valence-corrected chi connectivity index (χ2v) is 4.95. The molecule has 0 aromatic carbocycles. The maximum atomic E-state index is 3.60. The lowest BCUT2D eigenvalue weighted by atomic mass is 10.2. The van der Waals surface area contributed by atoms with E-state index in [0.717, 1.165) is 13.0 Å². The maximum absolute atomic E-state index is 3.60. The summed E-state index contributed by atoms with van der Waals surface area (Å²) >= 11 is 1.83. The van der Waals surface area contributed by atoms with Crippen molar-refractivity contribution in [2.45, 2.75) is 25.9 Å². The summed E-state index contributed by atoms with van der Waals surface area (Å²) in [6.45, 7) is 3.16. The van der Waals surface area contributed by atoms with Crippen molar-refractivity contribution in [3.05, 3.63) is 46.4 Å². The quantitative estimate of drug-likeness (QED) is 0.839. The summed E-state index contributed by atoms with van der Waals surface area (Å²) in [4.78, 5) is 1.43. The predicted molar refractivity (Wildman–Crippen MR) is 69.6 cm³/mol. The van der Waals surface area contributed by atoms with Crippen LogP contribution in [-0.4, -0.2) is 4.57 Å². The van der Waals surface area contributed by atoms with E-state index in [2.05, 4.69) is 59.7 Å². The average Bonchev–Trinajstić information content (AvgIpc) is 2.92. The van der Waals surface area contributed by atoms with Gasteiger partial charge in [-0.05, 0) is 30.0 Å². The van der Waals surface area contributed by atoms with E-state index in [9.17, 15) is 0 Å². The first-order valence-electron chi connectivity index (χ1n) is 5.68. The first kappa shape index (κ1) is 11.4. The van der Waals surface area contributed by atoms with Gasteiger partial charge in [0.05, 0.1) is 0 Å². The number of hydrogen-bond donors (Lipinski definition) is 1. The summed E-state index contributed by atoms with van der Waals surface area (Å²) in [5, 5.41) is 5.75. The molecule has 0 aliphatic heterocycles. The van der Waals surface area contributed by atoms with Crippen LogP contribution in [0, 0.1) is 0 Å². The minimum atomic E-state index is 0.481. The van der Waals surface area contributed by atoms with Gasteiger partial charge >= 0.3 is 0 Å². The van der Waals surface area contributed by atoms with E-state index in [4.69, 9.17) is 0 Å². The Balaban J connectivity index is 1.96. The molecule has 16 heavy (non-hydrogen) atoms. The fraction of sp³-hybridized carbons (Fsp3) is 0.385. The van der Waals surface area contributed by atoms with E-state index in [1.54, 1.807) is 0 Å². The van der Waals surface area contributed by atoms with E-state index in [0.29, 0.717) is 6.04 Å². The standard InChI is InChI=1S/C13H18N2S/c1-3-12(13-7-5-9-16-13)14-10-11-6-4-8-15(11)2/h4-9,12,14H,3,10H2,1-2H3. The van der Waals surface area contributed by atoms with Crippen molar-refractivity contribution >= 4 is 11.3 Å². The highest BCUT2D eigenvalue weighted by molar-refractivity contribution is 7.10. The Morgan fingerprint density at radius 2 is 2.25 bits per heavy atom. The van der Waals surface area contributed by atoms with E-state index >= 15 is 0 Å². The van der Waals surface area contributed by atoms with Crippen LogP contribution in [0.2, 0.25) is 0 Å². The van der Waals surface area contributed by atoms with Crippen LogP contribution in [-0.2, 0) is 13.6 Å². The summed E-state index contributed by atoms with van der Waals surface area (Å²) in [6, 6.07) is 9.05.